The lowest BCUT2D eigenvalue weighted by Crippen LogP contribution is -2.37. The highest BCUT2D eigenvalue weighted by molar-refractivity contribution is 5.83. The Kier molecular flexibility index (Phi) is 8.12. The topological polar surface area (TPSA) is 190 Å². The molecule has 0 fully saturated rings. The van der Waals surface area contributed by atoms with E-state index in [1.165, 1.54) is 0 Å². The monoisotopic (exact) mass is 296 g/mol. The highest BCUT2D eigenvalue weighted by Crippen LogP contribution is 2.08. The molecular formula is C10H16O10. The van der Waals surface area contributed by atoms with E-state index in [1.807, 2.05) is 0 Å². The van der Waals surface area contributed by atoms with Crippen molar-refractivity contribution in [3.63, 3.8) is 0 Å². The average molecular weight is 296 g/mol. The third kappa shape index (κ3) is 8.00. The van der Waals surface area contributed by atoms with Crippen molar-refractivity contribution in [2.75, 3.05) is 0 Å². The fourth-order valence-electron chi connectivity index (χ4n) is 0.719. The molecule has 0 aliphatic rings. The van der Waals surface area contributed by atoms with Crippen molar-refractivity contribution in [3.05, 3.63) is 0 Å². The number of hydrogen-bond acceptors (Lipinski definition) is 6. The van der Waals surface area contributed by atoms with Crippen LogP contribution in [0.15, 0.2) is 0 Å². The number of aliphatic hydroxyl groups excluding tert-OH is 1. The summed E-state index contributed by atoms with van der Waals surface area (Å²) < 4.78 is 0. The Bertz CT molecular complexity index is 367. The molecule has 3 atom stereocenters. The molecule has 0 spiro atoms. The summed E-state index contributed by atoms with van der Waals surface area (Å²) in [5, 5.41) is 49.9. The molecule has 20 heavy (non-hydrogen) atoms. The largest absolute Gasteiger partial charge is 0.481 e. The molecule has 10 nitrogen and oxygen atoms in total. The SMILES string of the molecule is CC(C(=O)O)C(O)C(=O)O.CC(O)(CC(=O)O)C(=O)O. The Labute approximate surface area is 112 Å². The number of rotatable bonds is 6. The van der Waals surface area contributed by atoms with Crippen LogP contribution in [0.5, 0.6) is 0 Å². The van der Waals surface area contributed by atoms with Gasteiger partial charge < -0.3 is 30.6 Å². The van der Waals surface area contributed by atoms with Gasteiger partial charge in [-0.15, -0.1) is 0 Å². The summed E-state index contributed by atoms with van der Waals surface area (Å²) >= 11 is 0. The molecule has 116 valence electrons. The van der Waals surface area contributed by atoms with Crippen LogP contribution in [0.1, 0.15) is 20.3 Å². The fourth-order valence-corrected chi connectivity index (χ4v) is 0.719. The van der Waals surface area contributed by atoms with Gasteiger partial charge in [-0.25, -0.2) is 9.59 Å². The summed E-state index contributed by atoms with van der Waals surface area (Å²) in [7, 11) is 0. The number of aliphatic carboxylic acids is 4. The number of carboxylic acids is 4. The van der Waals surface area contributed by atoms with E-state index in [1.54, 1.807) is 0 Å². The molecule has 0 aromatic carbocycles. The Morgan fingerprint density at radius 1 is 1.00 bits per heavy atom. The van der Waals surface area contributed by atoms with Crippen LogP contribution in [0.4, 0.5) is 0 Å². The van der Waals surface area contributed by atoms with Crippen LogP contribution >= 0.6 is 0 Å². The summed E-state index contributed by atoms with van der Waals surface area (Å²) in [5.41, 5.74) is -2.16. The minimum Gasteiger partial charge on any atom is -0.481 e. The highest BCUT2D eigenvalue weighted by Gasteiger charge is 2.32. The zero-order valence-electron chi connectivity index (χ0n) is 10.7. The maximum Gasteiger partial charge on any atom is 0.335 e. The lowest BCUT2D eigenvalue weighted by Gasteiger charge is -2.13. The van der Waals surface area contributed by atoms with Crippen molar-refractivity contribution in [3.8, 4) is 0 Å². The van der Waals surface area contributed by atoms with Crippen LogP contribution in [0.25, 0.3) is 0 Å². The summed E-state index contributed by atoms with van der Waals surface area (Å²) in [6, 6.07) is 0. The first-order chi connectivity index (χ1) is 8.82. The molecule has 0 aromatic rings. The van der Waals surface area contributed by atoms with Crippen LogP contribution < -0.4 is 0 Å². The van der Waals surface area contributed by atoms with E-state index < -0.39 is 47.9 Å². The maximum atomic E-state index is 10.0. The second-order valence-electron chi connectivity index (χ2n) is 4.06. The number of carboxylic acid groups (broad SMARTS) is 4. The van der Waals surface area contributed by atoms with Crippen molar-refractivity contribution in [1.82, 2.24) is 0 Å². The van der Waals surface area contributed by atoms with E-state index in [9.17, 15) is 19.2 Å². The van der Waals surface area contributed by atoms with Gasteiger partial charge in [0.15, 0.2) is 11.7 Å². The molecule has 10 heteroatoms. The van der Waals surface area contributed by atoms with E-state index in [0.29, 0.717) is 0 Å². The maximum absolute atomic E-state index is 10.0. The first-order valence-electron chi connectivity index (χ1n) is 5.14. The third-order valence-corrected chi connectivity index (χ3v) is 2.07. The summed E-state index contributed by atoms with van der Waals surface area (Å²) in [4.78, 5) is 39.9. The van der Waals surface area contributed by atoms with Gasteiger partial charge in [-0.1, -0.05) is 0 Å². The van der Waals surface area contributed by atoms with Crippen molar-refractivity contribution in [2.24, 2.45) is 5.92 Å². The second kappa shape index (κ2) is 8.07. The standard InChI is InChI=1S/2C5H8O5/c1-5(10,4(8)9)2-3(6)7;1-2(4(7)8)3(6)5(9)10/h10H,2H2,1H3,(H,6,7)(H,8,9);2-3,6H,1H3,(H,7,8)(H,9,10). The fraction of sp³-hybridized carbons (Fsp3) is 0.600. The lowest BCUT2D eigenvalue weighted by molar-refractivity contribution is -0.163. The number of carbonyl (C=O) groups is 4. The van der Waals surface area contributed by atoms with Crippen molar-refractivity contribution in [1.29, 1.82) is 0 Å². The Hall–Kier alpha value is -2.20. The van der Waals surface area contributed by atoms with E-state index in [4.69, 9.17) is 30.6 Å². The number of hydrogen-bond donors (Lipinski definition) is 6. The molecule has 0 saturated heterocycles. The lowest BCUT2D eigenvalue weighted by atomic mass is 10.0. The van der Waals surface area contributed by atoms with Crippen LogP contribution in [-0.2, 0) is 19.2 Å². The van der Waals surface area contributed by atoms with E-state index in [0.717, 1.165) is 13.8 Å². The molecular weight excluding hydrogens is 280 g/mol. The van der Waals surface area contributed by atoms with Gasteiger partial charge in [0.2, 0.25) is 0 Å². The van der Waals surface area contributed by atoms with Gasteiger partial charge in [-0.05, 0) is 13.8 Å². The van der Waals surface area contributed by atoms with Gasteiger partial charge in [0, 0.05) is 0 Å². The molecule has 0 bridgehead atoms. The molecule has 3 unspecified atom stereocenters. The molecule has 0 amide bonds. The smallest absolute Gasteiger partial charge is 0.335 e. The minimum atomic E-state index is -2.16. The zero-order chi connectivity index (χ0) is 16.7. The molecule has 0 aliphatic heterocycles. The Morgan fingerprint density at radius 2 is 1.40 bits per heavy atom. The van der Waals surface area contributed by atoms with Crippen LogP contribution in [0.2, 0.25) is 0 Å². The molecule has 0 radical (unpaired) electrons. The molecule has 0 rings (SSSR count). The predicted octanol–water partition coefficient (Wildman–Crippen LogP) is -1.55. The summed E-state index contributed by atoms with van der Waals surface area (Å²) in [6.45, 7) is 2.06. The minimum absolute atomic E-state index is 0.789. The van der Waals surface area contributed by atoms with Crippen LogP contribution in [0, 0.1) is 5.92 Å². The molecule has 0 aliphatic carbocycles. The van der Waals surface area contributed by atoms with Crippen molar-refractivity contribution in [2.45, 2.75) is 32.0 Å². The Balaban J connectivity index is 0. The molecule has 0 aromatic heterocycles. The van der Waals surface area contributed by atoms with Gasteiger partial charge in [-0.3, -0.25) is 9.59 Å². The Morgan fingerprint density at radius 3 is 1.50 bits per heavy atom. The van der Waals surface area contributed by atoms with Gasteiger partial charge in [0.05, 0.1) is 12.3 Å². The van der Waals surface area contributed by atoms with E-state index in [-0.39, 0.29) is 0 Å². The summed E-state index contributed by atoms with van der Waals surface area (Å²) in [5.74, 6) is -6.98. The van der Waals surface area contributed by atoms with Gasteiger partial charge in [-0.2, -0.15) is 0 Å². The molecule has 0 saturated carbocycles. The van der Waals surface area contributed by atoms with Crippen LogP contribution in [0.3, 0.4) is 0 Å². The first-order valence-corrected chi connectivity index (χ1v) is 5.14. The number of aliphatic hydroxyl groups is 2. The molecule has 0 heterocycles. The highest BCUT2D eigenvalue weighted by atomic mass is 16.4. The second-order valence-corrected chi connectivity index (χ2v) is 4.06. The quantitative estimate of drug-likeness (QED) is 0.334. The predicted molar refractivity (Wildman–Crippen MR) is 61.0 cm³/mol. The van der Waals surface area contributed by atoms with Gasteiger partial charge >= 0.3 is 23.9 Å². The normalized spacial score (nSPS) is 15.8. The third-order valence-electron chi connectivity index (χ3n) is 2.07. The van der Waals surface area contributed by atoms with Gasteiger partial charge in [0.25, 0.3) is 0 Å². The summed E-state index contributed by atoms with van der Waals surface area (Å²) in [6.07, 6.45) is -2.61. The van der Waals surface area contributed by atoms with Gasteiger partial charge in [0.1, 0.15) is 0 Å². The van der Waals surface area contributed by atoms with Crippen molar-refractivity contribution >= 4 is 23.9 Å². The molecule has 6 N–H and O–H groups in total. The first kappa shape index (κ1) is 20.1. The van der Waals surface area contributed by atoms with Crippen molar-refractivity contribution < 1.29 is 49.8 Å². The van der Waals surface area contributed by atoms with E-state index in [2.05, 4.69) is 0 Å². The van der Waals surface area contributed by atoms with E-state index >= 15 is 0 Å². The average Bonchev–Trinajstić information content (AvgIpc) is 2.25. The zero-order valence-corrected chi connectivity index (χ0v) is 10.7. The van der Waals surface area contributed by atoms with Crippen LogP contribution in [-0.4, -0.2) is 66.2 Å².